The lowest BCUT2D eigenvalue weighted by atomic mass is 9.99. The van der Waals surface area contributed by atoms with Gasteiger partial charge in [0.2, 0.25) is 0 Å². The summed E-state index contributed by atoms with van der Waals surface area (Å²) in [5.74, 6) is 2.44. The average Bonchev–Trinajstić information content (AvgIpc) is 3.21. The molecule has 0 spiro atoms. The van der Waals surface area contributed by atoms with E-state index in [-0.39, 0.29) is 0 Å². The van der Waals surface area contributed by atoms with Crippen molar-refractivity contribution in [1.82, 2.24) is 24.9 Å². The Morgan fingerprint density at radius 1 is 0.300 bits per heavy atom. The zero-order valence-corrected chi connectivity index (χ0v) is 26.8. The van der Waals surface area contributed by atoms with Crippen LogP contribution in [0.4, 0.5) is 0 Å². The summed E-state index contributed by atoms with van der Waals surface area (Å²) in [5.41, 5.74) is 9.77. The molecule has 0 N–H and O–H groups in total. The molecular weight excluding hydrogens is 613 g/mol. The van der Waals surface area contributed by atoms with Crippen molar-refractivity contribution in [2.75, 3.05) is 0 Å². The number of aromatic nitrogens is 5. The fraction of sp³-hybridized carbons (Fsp3) is 0. The van der Waals surface area contributed by atoms with Crippen LogP contribution >= 0.6 is 0 Å². The highest BCUT2D eigenvalue weighted by Crippen LogP contribution is 2.32. The molecule has 0 radical (unpaired) electrons. The molecular formula is C44H28N6. The molecule has 2 aromatic heterocycles. The van der Waals surface area contributed by atoms with E-state index < -0.39 is 0 Å². The summed E-state index contributed by atoms with van der Waals surface area (Å²) < 4.78 is 0. The van der Waals surface area contributed by atoms with E-state index in [2.05, 4.69) is 48.5 Å². The van der Waals surface area contributed by atoms with Gasteiger partial charge in [0.15, 0.2) is 23.3 Å². The van der Waals surface area contributed by atoms with Gasteiger partial charge in [-0.1, -0.05) is 146 Å². The molecule has 0 saturated heterocycles. The van der Waals surface area contributed by atoms with Crippen LogP contribution in [0.25, 0.3) is 79.2 Å². The van der Waals surface area contributed by atoms with Crippen molar-refractivity contribution in [1.29, 1.82) is 5.26 Å². The Hall–Kier alpha value is -7.10. The first-order chi connectivity index (χ1) is 24.7. The van der Waals surface area contributed by atoms with Crippen molar-refractivity contribution in [3.63, 3.8) is 0 Å². The maximum Gasteiger partial charge on any atom is 0.164 e. The van der Waals surface area contributed by atoms with Gasteiger partial charge in [-0.25, -0.2) is 24.9 Å². The Kier molecular flexibility index (Phi) is 8.20. The van der Waals surface area contributed by atoms with Crippen molar-refractivity contribution in [3.05, 3.63) is 175 Å². The zero-order valence-electron chi connectivity index (χ0n) is 26.8. The Bertz CT molecular complexity index is 2420. The van der Waals surface area contributed by atoms with Crippen LogP contribution in [-0.2, 0) is 0 Å². The van der Waals surface area contributed by atoms with E-state index in [1.807, 2.05) is 121 Å². The Morgan fingerprint density at radius 3 is 1.30 bits per heavy atom. The Balaban J connectivity index is 1.16. The quantitative estimate of drug-likeness (QED) is 0.172. The summed E-state index contributed by atoms with van der Waals surface area (Å²) in [6, 6.07) is 58.3. The lowest BCUT2D eigenvalue weighted by molar-refractivity contribution is 1.07. The first-order valence-electron chi connectivity index (χ1n) is 16.2. The SMILES string of the molecule is N#Cc1cccc(-c2nc(-c3ccccc3)cc(-c3cccc(-c4ccc(-c5nc(-c6ccccc6)nc(-c6ccccc6)n5)cc4)c3)n2)c1. The predicted octanol–water partition coefficient (Wildman–Crippen LogP) is 10.2. The van der Waals surface area contributed by atoms with Gasteiger partial charge in [-0.2, -0.15) is 5.26 Å². The van der Waals surface area contributed by atoms with E-state index >= 15 is 0 Å². The van der Waals surface area contributed by atoms with Gasteiger partial charge in [0.1, 0.15) is 0 Å². The van der Waals surface area contributed by atoms with Gasteiger partial charge in [-0.15, -0.1) is 0 Å². The molecule has 6 nitrogen and oxygen atoms in total. The first-order valence-corrected chi connectivity index (χ1v) is 16.2. The molecule has 0 aliphatic heterocycles. The smallest absolute Gasteiger partial charge is 0.164 e. The van der Waals surface area contributed by atoms with Crippen LogP contribution in [0.5, 0.6) is 0 Å². The van der Waals surface area contributed by atoms with E-state index in [9.17, 15) is 5.26 Å². The van der Waals surface area contributed by atoms with Crippen LogP contribution in [0, 0.1) is 11.3 Å². The largest absolute Gasteiger partial charge is 0.228 e. The van der Waals surface area contributed by atoms with E-state index in [1.54, 1.807) is 6.07 Å². The third-order valence-electron chi connectivity index (χ3n) is 8.38. The molecule has 0 fully saturated rings. The Labute approximate surface area is 290 Å². The monoisotopic (exact) mass is 640 g/mol. The molecule has 6 heteroatoms. The molecule has 0 aliphatic rings. The maximum atomic E-state index is 9.51. The molecule has 0 atom stereocenters. The highest BCUT2D eigenvalue weighted by atomic mass is 15.0. The molecule has 0 aliphatic carbocycles. The molecule has 234 valence electrons. The third kappa shape index (κ3) is 6.40. The number of nitriles is 1. The topological polar surface area (TPSA) is 88.2 Å². The van der Waals surface area contributed by atoms with Gasteiger partial charge in [-0.3, -0.25) is 0 Å². The van der Waals surface area contributed by atoms with E-state index in [4.69, 9.17) is 24.9 Å². The molecule has 2 heterocycles. The van der Waals surface area contributed by atoms with Gasteiger partial charge in [-0.05, 0) is 35.4 Å². The lowest BCUT2D eigenvalue weighted by Crippen LogP contribution is -2.00. The third-order valence-corrected chi connectivity index (χ3v) is 8.38. The van der Waals surface area contributed by atoms with E-state index in [0.717, 1.165) is 55.9 Å². The minimum absolute atomic E-state index is 0.563. The van der Waals surface area contributed by atoms with Crippen molar-refractivity contribution < 1.29 is 0 Å². The zero-order chi connectivity index (χ0) is 33.7. The van der Waals surface area contributed by atoms with Gasteiger partial charge in [0.05, 0.1) is 23.0 Å². The van der Waals surface area contributed by atoms with Crippen LogP contribution in [0.1, 0.15) is 5.56 Å². The van der Waals surface area contributed by atoms with E-state index in [0.29, 0.717) is 28.9 Å². The van der Waals surface area contributed by atoms with Gasteiger partial charge >= 0.3 is 0 Å². The minimum Gasteiger partial charge on any atom is -0.228 e. The molecule has 8 rings (SSSR count). The summed E-state index contributed by atoms with van der Waals surface area (Å²) in [6.45, 7) is 0. The van der Waals surface area contributed by atoms with Gasteiger partial charge in [0, 0.05) is 33.4 Å². The summed E-state index contributed by atoms with van der Waals surface area (Å²) in [6.07, 6.45) is 0. The fourth-order valence-corrected chi connectivity index (χ4v) is 5.82. The minimum atomic E-state index is 0.563. The molecule has 8 aromatic rings. The number of hydrogen-bond donors (Lipinski definition) is 0. The number of rotatable bonds is 7. The fourth-order valence-electron chi connectivity index (χ4n) is 5.82. The molecule has 0 amide bonds. The van der Waals surface area contributed by atoms with Gasteiger partial charge in [0.25, 0.3) is 0 Å². The summed E-state index contributed by atoms with van der Waals surface area (Å²) >= 11 is 0. The second-order valence-electron chi connectivity index (χ2n) is 11.7. The normalized spacial score (nSPS) is 10.8. The van der Waals surface area contributed by atoms with Crippen molar-refractivity contribution in [3.8, 4) is 85.3 Å². The van der Waals surface area contributed by atoms with Crippen LogP contribution < -0.4 is 0 Å². The molecule has 0 saturated carbocycles. The van der Waals surface area contributed by atoms with Gasteiger partial charge < -0.3 is 0 Å². The van der Waals surface area contributed by atoms with Crippen molar-refractivity contribution in [2.24, 2.45) is 0 Å². The standard InChI is InChI=1S/C44H28N6/c45-29-30-12-10-21-38(26-30)44-46-39(32-13-4-1-5-14-32)28-40(47-44)37-20-11-19-36(27-37)31-22-24-35(25-23-31)43-49-41(33-15-6-2-7-16-33)48-42(50-43)34-17-8-3-9-18-34/h1-28H. The van der Waals surface area contributed by atoms with Crippen LogP contribution in [0.3, 0.4) is 0 Å². The molecule has 50 heavy (non-hydrogen) atoms. The van der Waals surface area contributed by atoms with Crippen LogP contribution in [-0.4, -0.2) is 24.9 Å². The van der Waals surface area contributed by atoms with Crippen LogP contribution in [0.15, 0.2) is 170 Å². The predicted molar refractivity (Wildman–Crippen MR) is 198 cm³/mol. The Morgan fingerprint density at radius 2 is 0.720 bits per heavy atom. The average molecular weight is 641 g/mol. The second kappa shape index (κ2) is 13.6. The van der Waals surface area contributed by atoms with Crippen molar-refractivity contribution in [2.45, 2.75) is 0 Å². The number of benzene rings is 6. The first kappa shape index (κ1) is 30.2. The second-order valence-corrected chi connectivity index (χ2v) is 11.7. The summed E-state index contributed by atoms with van der Waals surface area (Å²) in [4.78, 5) is 24.5. The molecule has 0 bridgehead atoms. The highest BCUT2D eigenvalue weighted by Gasteiger charge is 2.14. The summed E-state index contributed by atoms with van der Waals surface area (Å²) in [7, 11) is 0. The molecule has 6 aromatic carbocycles. The van der Waals surface area contributed by atoms with E-state index in [1.165, 1.54) is 0 Å². The highest BCUT2D eigenvalue weighted by molar-refractivity contribution is 5.77. The lowest BCUT2D eigenvalue weighted by Gasteiger charge is -2.11. The number of hydrogen-bond acceptors (Lipinski definition) is 6. The molecule has 0 unspecified atom stereocenters. The maximum absolute atomic E-state index is 9.51. The summed E-state index contributed by atoms with van der Waals surface area (Å²) in [5, 5.41) is 9.51. The van der Waals surface area contributed by atoms with Crippen molar-refractivity contribution >= 4 is 0 Å². The van der Waals surface area contributed by atoms with Crippen LogP contribution in [0.2, 0.25) is 0 Å². The number of nitrogens with zero attached hydrogens (tertiary/aromatic N) is 6.